The first kappa shape index (κ1) is 16.9. The van der Waals surface area contributed by atoms with Crippen molar-refractivity contribution in [3.05, 3.63) is 0 Å². The van der Waals surface area contributed by atoms with E-state index in [1.54, 1.807) is 14.0 Å². The maximum Gasteiger partial charge on any atom is 0.323 e. The average Bonchev–Trinajstić information content (AvgIpc) is 2.27. The number of rotatable bonds is 9. The van der Waals surface area contributed by atoms with E-state index >= 15 is 0 Å². The van der Waals surface area contributed by atoms with E-state index in [0.717, 1.165) is 0 Å². The van der Waals surface area contributed by atoms with Gasteiger partial charge >= 0.3 is 11.9 Å². The van der Waals surface area contributed by atoms with Gasteiger partial charge < -0.3 is 14.6 Å². The van der Waals surface area contributed by atoms with Crippen molar-refractivity contribution in [2.24, 2.45) is 11.3 Å². The molecule has 0 saturated carbocycles. The minimum absolute atomic E-state index is 0.105. The number of methoxy groups -OCH3 is 1. The number of aliphatic carboxylic acids is 1. The van der Waals surface area contributed by atoms with E-state index in [1.165, 1.54) is 0 Å². The normalized spacial score (nSPS) is 14.3. The number of hydrogen-bond donors (Lipinski definition) is 1. The van der Waals surface area contributed by atoms with Crippen LogP contribution >= 0.6 is 0 Å². The van der Waals surface area contributed by atoms with Gasteiger partial charge in [-0.1, -0.05) is 13.8 Å². The second kappa shape index (κ2) is 8.08. The van der Waals surface area contributed by atoms with E-state index in [4.69, 9.17) is 9.47 Å². The van der Waals surface area contributed by atoms with Gasteiger partial charge in [0, 0.05) is 13.7 Å². The topological polar surface area (TPSA) is 72.8 Å². The average molecular weight is 260 g/mol. The number of hydrogen-bond acceptors (Lipinski definition) is 4. The molecular formula is C13H24O5. The predicted octanol–water partition coefficient (Wildman–Crippen LogP) is 2.09. The van der Waals surface area contributed by atoms with Gasteiger partial charge in [-0.15, -0.1) is 0 Å². The van der Waals surface area contributed by atoms with Crippen molar-refractivity contribution in [3.8, 4) is 0 Å². The van der Waals surface area contributed by atoms with Crippen LogP contribution < -0.4 is 0 Å². The summed E-state index contributed by atoms with van der Waals surface area (Å²) in [7, 11) is 1.55. The predicted molar refractivity (Wildman–Crippen MR) is 67.3 cm³/mol. The summed E-state index contributed by atoms with van der Waals surface area (Å²) in [5, 5.41) is 9.43. The highest BCUT2D eigenvalue weighted by Gasteiger charge is 2.47. The first-order valence-electron chi connectivity index (χ1n) is 6.30. The third kappa shape index (κ3) is 4.64. The number of carboxylic acid groups (broad SMARTS) is 1. The molecule has 0 rings (SSSR count). The Balaban J connectivity index is 5.02. The molecular weight excluding hydrogens is 236 g/mol. The van der Waals surface area contributed by atoms with Crippen LogP contribution in [0.2, 0.25) is 0 Å². The van der Waals surface area contributed by atoms with Crippen molar-refractivity contribution in [2.75, 3.05) is 20.3 Å². The molecule has 0 bridgehead atoms. The molecule has 5 heteroatoms. The zero-order valence-electron chi connectivity index (χ0n) is 11.7. The van der Waals surface area contributed by atoms with Crippen LogP contribution in [-0.2, 0) is 19.1 Å². The zero-order chi connectivity index (χ0) is 14.2. The van der Waals surface area contributed by atoms with Gasteiger partial charge in [0.15, 0.2) is 5.41 Å². The molecule has 0 amide bonds. The molecule has 0 aliphatic rings. The number of ether oxygens (including phenoxy) is 2. The largest absolute Gasteiger partial charge is 0.480 e. The van der Waals surface area contributed by atoms with Crippen LogP contribution in [0.4, 0.5) is 0 Å². The van der Waals surface area contributed by atoms with E-state index in [0.29, 0.717) is 13.0 Å². The summed E-state index contributed by atoms with van der Waals surface area (Å²) in [6.45, 7) is 6.10. The Bertz CT molecular complexity index is 275. The molecule has 18 heavy (non-hydrogen) atoms. The van der Waals surface area contributed by atoms with Crippen molar-refractivity contribution in [1.29, 1.82) is 0 Å². The monoisotopic (exact) mass is 260 g/mol. The Kier molecular flexibility index (Phi) is 7.59. The summed E-state index contributed by atoms with van der Waals surface area (Å²) in [4.78, 5) is 23.5. The zero-order valence-corrected chi connectivity index (χ0v) is 11.7. The van der Waals surface area contributed by atoms with Crippen LogP contribution in [0.3, 0.4) is 0 Å². The van der Waals surface area contributed by atoms with Crippen molar-refractivity contribution < 1.29 is 24.2 Å². The molecule has 106 valence electrons. The van der Waals surface area contributed by atoms with E-state index in [2.05, 4.69) is 0 Å². The van der Waals surface area contributed by atoms with Gasteiger partial charge in [0.05, 0.1) is 6.61 Å². The summed E-state index contributed by atoms with van der Waals surface area (Å²) in [6, 6.07) is 0. The van der Waals surface area contributed by atoms with Crippen LogP contribution in [0.25, 0.3) is 0 Å². The molecule has 0 aromatic rings. The van der Waals surface area contributed by atoms with E-state index in [1.807, 2.05) is 13.8 Å². The molecule has 0 spiro atoms. The van der Waals surface area contributed by atoms with Crippen LogP contribution in [0.15, 0.2) is 0 Å². The summed E-state index contributed by atoms with van der Waals surface area (Å²) >= 11 is 0. The van der Waals surface area contributed by atoms with Crippen LogP contribution in [-0.4, -0.2) is 37.4 Å². The van der Waals surface area contributed by atoms with Crippen molar-refractivity contribution in [2.45, 2.75) is 40.0 Å². The first-order chi connectivity index (χ1) is 8.40. The second-order valence-corrected chi connectivity index (χ2v) is 4.80. The Labute approximate surface area is 108 Å². The molecule has 0 radical (unpaired) electrons. The number of carbonyl (C=O) groups excluding carboxylic acids is 1. The Morgan fingerprint density at radius 3 is 2.33 bits per heavy atom. The number of carbonyl (C=O) groups is 2. The first-order valence-corrected chi connectivity index (χ1v) is 6.30. The van der Waals surface area contributed by atoms with Gasteiger partial charge in [0.25, 0.3) is 0 Å². The molecule has 0 aromatic carbocycles. The van der Waals surface area contributed by atoms with E-state index in [9.17, 15) is 14.7 Å². The Morgan fingerprint density at radius 1 is 1.33 bits per heavy atom. The van der Waals surface area contributed by atoms with E-state index < -0.39 is 17.4 Å². The molecule has 0 aromatic heterocycles. The summed E-state index contributed by atoms with van der Waals surface area (Å²) in [5.74, 6) is -1.64. The highest BCUT2D eigenvalue weighted by atomic mass is 16.5. The van der Waals surface area contributed by atoms with Crippen LogP contribution in [0, 0.1) is 11.3 Å². The number of esters is 1. The smallest absolute Gasteiger partial charge is 0.323 e. The third-order valence-electron chi connectivity index (χ3n) is 2.78. The maximum absolute atomic E-state index is 12.0. The van der Waals surface area contributed by atoms with Gasteiger partial charge in [-0.3, -0.25) is 9.59 Å². The molecule has 0 saturated heterocycles. The third-order valence-corrected chi connectivity index (χ3v) is 2.78. The molecule has 0 fully saturated rings. The fourth-order valence-electron chi connectivity index (χ4n) is 2.05. The fraction of sp³-hybridized carbons (Fsp3) is 0.846. The molecule has 0 aliphatic carbocycles. The van der Waals surface area contributed by atoms with Crippen LogP contribution in [0.5, 0.6) is 0 Å². The molecule has 5 nitrogen and oxygen atoms in total. The van der Waals surface area contributed by atoms with Crippen molar-refractivity contribution >= 4 is 11.9 Å². The lowest BCUT2D eigenvalue weighted by molar-refractivity contribution is -0.171. The minimum Gasteiger partial charge on any atom is -0.480 e. The minimum atomic E-state index is -1.44. The van der Waals surface area contributed by atoms with Gasteiger partial charge in [0.2, 0.25) is 0 Å². The fourth-order valence-corrected chi connectivity index (χ4v) is 2.05. The molecule has 1 N–H and O–H groups in total. The van der Waals surface area contributed by atoms with Crippen molar-refractivity contribution in [1.82, 2.24) is 0 Å². The standard InChI is InChI=1S/C13H24O5/c1-5-18-12(16)13(11(14)15,9-10(2)3)7-6-8-17-4/h10H,5-9H2,1-4H3,(H,14,15). The van der Waals surface area contributed by atoms with Crippen molar-refractivity contribution in [3.63, 3.8) is 0 Å². The quantitative estimate of drug-likeness (QED) is 0.390. The molecule has 1 atom stereocenters. The van der Waals surface area contributed by atoms with Gasteiger partial charge in [-0.05, 0) is 32.1 Å². The van der Waals surface area contributed by atoms with Gasteiger partial charge in [0.1, 0.15) is 0 Å². The SMILES string of the molecule is CCOC(=O)C(CCCOC)(CC(C)C)C(=O)O. The molecule has 0 heterocycles. The van der Waals surface area contributed by atoms with Gasteiger partial charge in [-0.2, -0.15) is 0 Å². The second-order valence-electron chi connectivity index (χ2n) is 4.80. The molecule has 1 unspecified atom stereocenters. The van der Waals surface area contributed by atoms with Crippen LogP contribution in [0.1, 0.15) is 40.0 Å². The Morgan fingerprint density at radius 2 is 1.94 bits per heavy atom. The summed E-state index contributed by atoms with van der Waals surface area (Å²) < 4.78 is 9.86. The maximum atomic E-state index is 12.0. The summed E-state index contributed by atoms with van der Waals surface area (Å²) in [5.41, 5.74) is -1.44. The number of carboxylic acids is 1. The lowest BCUT2D eigenvalue weighted by Gasteiger charge is -2.28. The molecule has 0 aliphatic heterocycles. The Hall–Kier alpha value is -1.10. The lowest BCUT2D eigenvalue weighted by atomic mass is 9.76. The summed E-state index contributed by atoms with van der Waals surface area (Å²) in [6.07, 6.45) is 1.05. The highest BCUT2D eigenvalue weighted by molar-refractivity contribution is 5.99. The van der Waals surface area contributed by atoms with Gasteiger partial charge in [-0.25, -0.2) is 0 Å². The van der Waals surface area contributed by atoms with E-state index in [-0.39, 0.29) is 25.4 Å². The highest BCUT2D eigenvalue weighted by Crippen LogP contribution is 2.34. The lowest BCUT2D eigenvalue weighted by Crippen LogP contribution is -2.42.